The maximum Gasteiger partial charge on any atom is 0.293 e. The molecule has 1 aliphatic rings. The molecule has 2 aromatic rings. The zero-order valence-electron chi connectivity index (χ0n) is 13.5. The van der Waals surface area contributed by atoms with Crippen molar-refractivity contribution < 1.29 is 13.3 Å². The number of nitrogens with one attached hydrogen (secondary N) is 1. The van der Waals surface area contributed by atoms with E-state index in [1.807, 2.05) is 6.07 Å². The zero-order chi connectivity index (χ0) is 17.9. The second kappa shape index (κ2) is 7.16. The molecule has 25 heavy (non-hydrogen) atoms. The second-order valence-electron chi connectivity index (χ2n) is 5.72. The number of rotatable bonds is 6. The molecule has 1 fully saturated rings. The number of nitrogens with zero attached hydrogens (tertiary/aromatic N) is 3. The lowest BCUT2D eigenvalue weighted by molar-refractivity contribution is -0.384. The fraction of sp³-hybridized carbons (Fsp3) is 0.312. The molecule has 0 aliphatic carbocycles. The predicted octanol–water partition coefficient (Wildman–Crippen LogP) is 2.39. The third kappa shape index (κ3) is 3.77. The van der Waals surface area contributed by atoms with Gasteiger partial charge in [0, 0.05) is 25.4 Å². The van der Waals surface area contributed by atoms with Crippen molar-refractivity contribution in [1.82, 2.24) is 9.29 Å². The van der Waals surface area contributed by atoms with E-state index in [9.17, 15) is 18.5 Å². The van der Waals surface area contributed by atoms with E-state index in [2.05, 4.69) is 10.3 Å². The Bertz CT molecular complexity index is 865. The Labute approximate surface area is 145 Å². The number of pyridine rings is 1. The van der Waals surface area contributed by atoms with Crippen molar-refractivity contribution in [1.29, 1.82) is 0 Å². The molecule has 0 bridgehead atoms. The summed E-state index contributed by atoms with van der Waals surface area (Å²) in [5.41, 5.74) is 0.720. The van der Waals surface area contributed by atoms with Gasteiger partial charge >= 0.3 is 0 Å². The highest BCUT2D eigenvalue weighted by atomic mass is 32.2. The van der Waals surface area contributed by atoms with E-state index >= 15 is 0 Å². The van der Waals surface area contributed by atoms with Gasteiger partial charge in [0.2, 0.25) is 10.0 Å². The van der Waals surface area contributed by atoms with Gasteiger partial charge in [-0.1, -0.05) is 6.07 Å². The van der Waals surface area contributed by atoms with E-state index in [-0.39, 0.29) is 16.3 Å². The summed E-state index contributed by atoms with van der Waals surface area (Å²) in [6, 6.07) is 9.36. The molecule has 1 saturated heterocycles. The first-order valence-electron chi connectivity index (χ1n) is 7.91. The topological polar surface area (TPSA) is 105 Å². The minimum atomic E-state index is -3.69. The quantitative estimate of drug-likeness (QED) is 0.625. The van der Waals surface area contributed by atoms with Crippen LogP contribution in [-0.2, 0) is 16.6 Å². The monoisotopic (exact) mass is 362 g/mol. The van der Waals surface area contributed by atoms with Gasteiger partial charge in [-0.25, -0.2) is 8.42 Å². The summed E-state index contributed by atoms with van der Waals surface area (Å²) in [5.74, 6) is 0. The Morgan fingerprint density at radius 3 is 2.60 bits per heavy atom. The Kier molecular flexibility index (Phi) is 4.95. The molecule has 0 spiro atoms. The molecule has 3 rings (SSSR count). The zero-order valence-corrected chi connectivity index (χ0v) is 14.3. The fourth-order valence-corrected chi connectivity index (χ4v) is 4.28. The molecule has 0 amide bonds. The number of nitro benzene ring substituents is 1. The lowest BCUT2D eigenvalue weighted by Crippen LogP contribution is -2.27. The van der Waals surface area contributed by atoms with Gasteiger partial charge < -0.3 is 5.32 Å². The molecular formula is C16H18N4O4S. The summed E-state index contributed by atoms with van der Waals surface area (Å²) in [7, 11) is -3.69. The SMILES string of the molecule is O=[N+]([O-])c1cc(S(=O)(=O)N2CCCC2)ccc1NCc1ccccn1. The van der Waals surface area contributed by atoms with Gasteiger partial charge in [-0.15, -0.1) is 0 Å². The fourth-order valence-electron chi connectivity index (χ4n) is 2.74. The summed E-state index contributed by atoms with van der Waals surface area (Å²) >= 11 is 0. The molecule has 9 heteroatoms. The summed E-state index contributed by atoms with van der Waals surface area (Å²) in [4.78, 5) is 14.9. The van der Waals surface area contributed by atoms with Crippen molar-refractivity contribution >= 4 is 21.4 Å². The van der Waals surface area contributed by atoms with Gasteiger partial charge in [-0.3, -0.25) is 15.1 Å². The average Bonchev–Trinajstić information content (AvgIpc) is 3.16. The van der Waals surface area contributed by atoms with E-state index in [0.29, 0.717) is 19.6 Å². The van der Waals surface area contributed by atoms with Crippen molar-refractivity contribution in [2.75, 3.05) is 18.4 Å². The largest absolute Gasteiger partial charge is 0.374 e. The first-order chi connectivity index (χ1) is 12.0. The summed E-state index contributed by atoms with van der Waals surface area (Å²) in [6.07, 6.45) is 3.26. The van der Waals surface area contributed by atoms with Crippen molar-refractivity contribution in [3.8, 4) is 0 Å². The normalized spacial score (nSPS) is 15.2. The van der Waals surface area contributed by atoms with Crippen molar-refractivity contribution in [3.63, 3.8) is 0 Å². The van der Waals surface area contributed by atoms with E-state index in [4.69, 9.17) is 0 Å². The number of benzene rings is 1. The van der Waals surface area contributed by atoms with Crippen LogP contribution < -0.4 is 5.32 Å². The molecular weight excluding hydrogens is 344 g/mol. The molecule has 1 aliphatic heterocycles. The maximum absolute atomic E-state index is 12.6. The minimum Gasteiger partial charge on any atom is -0.374 e. The van der Waals surface area contributed by atoms with Gasteiger partial charge in [0.15, 0.2) is 0 Å². The van der Waals surface area contributed by atoms with Gasteiger partial charge in [-0.2, -0.15) is 4.31 Å². The molecule has 0 radical (unpaired) electrons. The van der Waals surface area contributed by atoms with Gasteiger partial charge in [0.25, 0.3) is 5.69 Å². The molecule has 8 nitrogen and oxygen atoms in total. The van der Waals surface area contributed by atoms with E-state index < -0.39 is 14.9 Å². The van der Waals surface area contributed by atoms with Crippen LogP contribution in [0.1, 0.15) is 18.5 Å². The predicted molar refractivity (Wildman–Crippen MR) is 92.7 cm³/mol. The highest BCUT2D eigenvalue weighted by molar-refractivity contribution is 7.89. The van der Waals surface area contributed by atoms with Crippen LogP contribution in [0.4, 0.5) is 11.4 Å². The summed E-state index contributed by atoms with van der Waals surface area (Å²) in [6.45, 7) is 1.21. The first kappa shape index (κ1) is 17.3. The van der Waals surface area contributed by atoms with Crippen LogP contribution in [-0.4, -0.2) is 35.7 Å². The van der Waals surface area contributed by atoms with Gasteiger partial charge in [0.05, 0.1) is 22.1 Å². The number of sulfonamides is 1. The average molecular weight is 362 g/mol. The van der Waals surface area contributed by atoms with Crippen molar-refractivity contribution in [2.45, 2.75) is 24.3 Å². The Hall–Kier alpha value is -2.52. The van der Waals surface area contributed by atoms with Gasteiger partial charge in [-0.05, 0) is 37.1 Å². The molecule has 1 N–H and O–H groups in total. The van der Waals surface area contributed by atoms with E-state index in [1.165, 1.54) is 16.4 Å². The molecule has 1 aromatic heterocycles. The number of hydrogen-bond acceptors (Lipinski definition) is 6. The van der Waals surface area contributed by atoms with Gasteiger partial charge in [0.1, 0.15) is 5.69 Å². The third-order valence-electron chi connectivity index (χ3n) is 4.05. The lowest BCUT2D eigenvalue weighted by Gasteiger charge is -2.16. The molecule has 0 saturated carbocycles. The molecule has 1 aromatic carbocycles. The first-order valence-corrected chi connectivity index (χ1v) is 9.35. The standard InChI is InChI=1S/C16H18N4O4S/c21-20(22)16-11-14(25(23,24)19-9-3-4-10-19)6-7-15(16)18-12-13-5-1-2-8-17-13/h1-2,5-8,11,18H,3-4,9-10,12H2. The smallest absolute Gasteiger partial charge is 0.293 e. The minimum absolute atomic E-state index is 0.0514. The van der Waals surface area contributed by atoms with Crippen LogP contribution in [0.25, 0.3) is 0 Å². The highest BCUT2D eigenvalue weighted by Crippen LogP contribution is 2.30. The lowest BCUT2D eigenvalue weighted by atomic mass is 10.2. The van der Waals surface area contributed by atoms with Crippen LogP contribution in [0.2, 0.25) is 0 Å². The Morgan fingerprint density at radius 2 is 1.96 bits per heavy atom. The van der Waals surface area contributed by atoms with E-state index in [0.717, 1.165) is 24.6 Å². The van der Waals surface area contributed by atoms with Crippen LogP contribution in [0, 0.1) is 10.1 Å². The van der Waals surface area contributed by atoms with Crippen LogP contribution in [0.15, 0.2) is 47.5 Å². The second-order valence-corrected chi connectivity index (χ2v) is 7.66. The molecule has 2 heterocycles. The Balaban J connectivity index is 1.87. The molecule has 0 atom stereocenters. The number of hydrogen-bond donors (Lipinski definition) is 1. The van der Waals surface area contributed by atoms with Crippen LogP contribution in [0.5, 0.6) is 0 Å². The maximum atomic E-state index is 12.6. The van der Waals surface area contributed by atoms with Crippen LogP contribution in [0.3, 0.4) is 0 Å². The number of nitro groups is 1. The van der Waals surface area contributed by atoms with Crippen LogP contribution >= 0.6 is 0 Å². The Morgan fingerprint density at radius 1 is 1.20 bits per heavy atom. The summed E-state index contributed by atoms with van der Waals surface area (Å²) in [5, 5.41) is 14.3. The van der Waals surface area contributed by atoms with Crippen molar-refractivity contribution in [3.05, 3.63) is 58.4 Å². The summed E-state index contributed by atoms with van der Waals surface area (Å²) < 4.78 is 26.5. The highest BCUT2D eigenvalue weighted by Gasteiger charge is 2.29. The molecule has 132 valence electrons. The van der Waals surface area contributed by atoms with Crippen molar-refractivity contribution in [2.24, 2.45) is 0 Å². The third-order valence-corrected chi connectivity index (χ3v) is 5.95. The molecule has 0 unspecified atom stereocenters. The number of anilines is 1. The number of aromatic nitrogens is 1. The van der Waals surface area contributed by atoms with E-state index in [1.54, 1.807) is 18.3 Å².